The Bertz CT molecular complexity index is 734. The van der Waals surface area contributed by atoms with Crippen molar-refractivity contribution in [3.8, 4) is 11.1 Å². The lowest BCUT2D eigenvalue weighted by Crippen LogP contribution is -2.29. The van der Waals surface area contributed by atoms with Gasteiger partial charge in [0.15, 0.2) is 0 Å². The number of hydrogen-bond donors (Lipinski definition) is 1. The van der Waals surface area contributed by atoms with Gasteiger partial charge in [-0.3, -0.25) is 4.79 Å². The lowest BCUT2D eigenvalue weighted by Gasteiger charge is -2.31. The number of nitrogen functional groups attached to an aromatic ring is 1. The number of fused-ring (bicyclic) bond motifs is 3. The first-order valence-corrected chi connectivity index (χ1v) is 9.45. The molecule has 2 N–H and O–H groups in total. The van der Waals surface area contributed by atoms with Gasteiger partial charge in [-0.15, -0.1) is 0 Å². The smallest absolute Gasteiger partial charge is 0.307 e. The zero-order chi connectivity index (χ0) is 17.3. The third-order valence-corrected chi connectivity index (χ3v) is 5.45. The largest absolute Gasteiger partial charge is 0.466 e. The van der Waals surface area contributed by atoms with Crippen LogP contribution in [0.3, 0.4) is 0 Å². The van der Waals surface area contributed by atoms with E-state index in [1.54, 1.807) is 0 Å². The molecule has 0 saturated heterocycles. The molecule has 2 aromatic carbocycles. The summed E-state index contributed by atoms with van der Waals surface area (Å²) in [7, 11) is 0. The summed E-state index contributed by atoms with van der Waals surface area (Å²) in [5.41, 5.74) is 11.3. The van der Waals surface area contributed by atoms with Gasteiger partial charge < -0.3 is 10.5 Å². The highest BCUT2D eigenvalue weighted by Gasteiger charge is 2.44. The Balaban J connectivity index is 2.24. The van der Waals surface area contributed by atoms with E-state index in [1.165, 1.54) is 20.3 Å². The van der Waals surface area contributed by atoms with Crippen molar-refractivity contribution >= 4 is 34.2 Å². The molecular weight excluding hydrogens is 413 g/mol. The number of benzene rings is 2. The number of carbonyl (C=O) groups excluding carboxylic acids is 1. The summed E-state index contributed by atoms with van der Waals surface area (Å²) in [6.45, 7) is 4.41. The van der Waals surface area contributed by atoms with Gasteiger partial charge in [-0.2, -0.15) is 0 Å². The van der Waals surface area contributed by atoms with Crippen molar-refractivity contribution in [3.63, 3.8) is 0 Å². The molecule has 126 valence electrons. The van der Waals surface area contributed by atoms with Gasteiger partial charge in [0.05, 0.1) is 13.0 Å². The number of halogens is 1. The molecule has 0 fully saturated rings. The minimum Gasteiger partial charge on any atom is -0.466 e. The number of anilines is 1. The first-order chi connectivity index (χ1) is 11.5. The van der Waals surface area contributed by atoms with E-state index in [9.17, 15) is 4.79 Å². The number of hydrogen-bond acceptors (Lipinski definition) is 3. The Morgan fingerprint density at radius 1 is 1.12 bits per heavy atom. The van der Waals surface area contributed by atoms with E-state index < -0.39 is 0 Å². The molecule has 0 amide bonds. The molecule has 0 spiro atoms. The Morgan fingerprint density at radius 3 is 2.46 bits per heavy atom. The van der Waals surface area contributed by atoms with E-state index in [-0.39, 0.29) is 11.4 Å². The van der Waals surface area contributed by atoms with Crippen molar-refractivity contribution in [1.82, 2.24) is 0 Å². The lowest BCUT2D eigenvalue weighted by molar-refractivity contribution is -0.144. The Kier molecular flexibility index (Phi) is 4.85. The molecule has 2 aromatic rings. The van der Waals surface area contributed by atoms with Gasteiger partial charge in [0.1, 0.15) is 0 Å². The number of esters is 1. The molecule has 0 heterocycles. The highest BCUT2D eigenvalue weighted by atomic mass is 127. The molecule has 1 unspecified atom stereocenters. The van der Waals surface area contributed by atoms with Crippen LogP contribution in [0.5, 0.6) is 0 Å². The summed E-state index contributed by atoms with van der Waals surface area (Å²) < 4.78 is 6.47. The number of rotatable bonds is 5. The molecule has 0 bridgehead atoms. The van der Waals surface area contributed by atoms with Crippen LogP contribution in [0, 0.1) is 3.57 Å². The van der Waals surface area contributed by atoms with E-state index >= 15 is 0 Å². The Morgan fingerprint density at radius 2 is 1.79 bits per heavy atom. The van der Waals surface area contributed by atoms with Crippen molar-refractivity contribution in [1.29, 1.82) is 0 Å². The van der Waals surface area contributed by atoms with Gasteiger partial charge in [-0.1, -0.05) is 25.5 Å². The summed E-state index contributed by atoms with van der Waals surface area (Å²) in [5.74, 6) is -0.147. The minimum atomic E-state index is -0.345. The maximum absolute atomic E-state index is 12.4. The molecule has 0 aliphatic heterocycles. The Hall–Kier alpha value is -1.56. The minimum absolute atomic E-state index is 0.147. The molecule has 3 nitrogen and oxygen atoms in total. The number of carbonyl (C=O) groups is 1. The molecule has 24 heavy (non-hydrogen) atoms. The molecule has 1 aliphatic carbocycles. The standard InChI is InChI=1S/C20H22INO2/c1-3-9-20(12-19(23)24-4-2)17-10-13(21)5-7-15(17)16-8-6-14(22)11-18(16)20/h5-8,10-11H,3-4,9,12,22H2,1-2H3. The van der Waals surface area contributed by atoms with E-state index in [2.05, 4.69) is 53.8 Å². The second-order valence-electron chi connectivity index (χ2n) is 6.31. The van der Waals surface area contributed by atoms with E-state index in [0.717, 1.165) is 24.1 Å². The van der Waals surface area contributed by atoms with Crippen LogP contribution >= 0.6 is 22.6 Å². The van der Waals surface area contributed by atoms with Crippen LogP contribution in [0.25, 0.3) is 11.1 Å². The summed E-state index contributed by atoms with van der Waals surface area (Å²) in [6.07, 6.45) is 2.24. The van der Waals surface area contributed by atoms with Gasteiger partial charge in [-0.05, 0) is 82.5 Å². The van der Waals surface area contributed by atoms with E-state index in [0.29, 0.717) is 13.0 Å². The summed E-state index contributed by atoms with van der Waals surface area (Å²) in [4.78, 5) is 12.4. The van der Waals surface area contributed by atoms with Crippen molar-refractivity contribution in [3.05, 3.63) is 51.1 Å². The van der Waals surface area contributed by atoms with Crippen molar-refractivity contribution in [2.75, 3.05) is 12.3 Å². The predicted molar refractivity (Wildman–Crippen MR) is 106 cm³/mol. The fourth-order valence-corrected chi connectivity index (χ4v) is 4.41. The fraction of sp³-hybridized carbons (Fsp3) is 0.350. The summed E-state index contributed by atoms with van der Waals surface area (Å²) in [6, 6.07) is 12.5. The third kappa shape index (κ3) is 2.81. The predicted octanol–water partition coefficient (Wildman–Crippen LogP) is 4.89. The molecule has 1 atom stereocenters. The van der Waals surface area contributed by atoms with Crippen molar-refractivity contribution in [2.24, 2.45) is 0 Å². The second kappa shape index (κ2) is 6.75. The first kappa shape index (κ1) is 17.3. The van der Waals surface area contributed by atoms with Crippen LogP contribution in [0.1, 0.15) is 44.2 Å². The molecule has 3 rings (SSSR count). The molecule has 4 heteroatoms. The van der Waals surface area contributed by atoms with Crippen LogP contribution in [-0.2, 0) is 14.9 Å². The number of nitrogens with two attached hydrogens (primary N) is 1. The average Bonchev–Trinajstić information content (AvgIpc) is 2.78. The monoisotopic (exact) mass is 435 g/mol. The highest BCUT2D eigenvalue weighted by molar-refractivity contribution is 14.1. The molecule has 0 radical (unpaired) electrons. The van der Waals surface area contributed by atoms with Crippen LogP contribution in [0.4, 0.5) is 5.69 Å². The van der Waals surface area contributed by atoms with Crippen molar-refractivity contribution < 1.29 is 9.53 Å². The molecule has 1 aliphatic rings. The molecule has 0 aromatic heterocycles. The maximum Gasteiger partial charge on any atom is 0.307 e. The maximum atomic E-state index is 12.4. The Labute approximate surface area is 156 Å². The van der Waals surface area contributed by atoms with Gasteiger partial charge in [0, 0.05) is 14.7 Å². The number of ether oxygens (including phenoxy) is 1. The van der Waals surface area contributed by atoms with Crippen molar-refractivity contribution in [2.45, 2.75) is 38.5 Å². The van der Waals surface area contributed by atoms with Crippen LogP contribution in [-0.4, -0.2) is 12.6 Å². The molecular formula is C20H22INO2. The third-order valence-electron chi connectivity index (χ3n) is 4.77. The van der Waals surface area contributed by atoms with Crippen LogP contribution < -0.4 is 5.73 Å². The second-order valence-corrected chi connectivity index (χ2v) is 7.55. The average molecular weight is 435 g/mol. The zero-order valence-corrected chi connectivity index (χ0v) is 16.2. The van der Waals surface area contributed by atoms with Crippen LogP contribution in [0.2, 0.25) is 0 Å². The first-order valence-electron chi connectivity index (χ1n) is 8.38. The topological polar surface area (TPSA) is 52.3 Å². The fourth-order valence-electron chi connectivity index (χ4n) is 3.92. The normalized spacial score (nSPS) is 18.1. The van der Waals surface area contributed by atoms with Crippen LogP contribution in [0.15, 0.2) is 36.4 Å². The summed E-state index contributed by atoms with van der Waals surface area (Å²) in [5, 5.41) is 0. The van der Waals surface area contributed by atoms with E-state index in [4.69, 9.17) is 10.5 Å². The molecule has 0 saturated carbocycles. The SMILES string of the molecule is CCCC1(CC(=O)OCC)c2cc(N)ccc2-c2ccc(I)cc21. The van der Waals surface area contributed by atoms with Gasteiger partial charge in [0.2, 0.25) is 0 Å². The summed E-state index contributed by atoms with van der Waals surface area (Å²) >= 11 is 2.33. The lowest BCUT2D eigenvalue weighted by atomic mass is 9.72. The van der Waals surface area contributed by atoms with Gasteiger partial charge in [0.25, 0.3) is 0 Å². The van der Waals surface area contributed by atoms with Gasteiger partial charge >= 0.3 is 5.97 Å². The van der Waals surface area contributed by atoms with E-state index in [1.807, 2.05) is 19.1 Å². The highest BCUT2D eigenvalue weighted by Crippen LogP contribution is 2.54. The quantitative estimate of drug-likeness (QED) is 0.413. The zero-order valence-electron chi connectivity index (χ0n) is 14.1. The van der Waals surface area contributed by atoms with Gasteiger partial charge in [-0.25, -0.2) is 0 Å².